The molecule has 160 valence electrons. The fourth-order valence-corrected chi connectivity index (χ4v) is 2.31. The third kappa shape index (κ3) is 20.9. The first-order valence-electron chi connectivity index (χ1n) is 10.2. The quantitative estimate of drug-likeness (QED) is 0.228. The summed E-state index contributed by atoms with van der Waals surface area (Å²) in [5.74, 6) is -0.197. The van der Waals surface area contributed by atoms with Gasteiger partial charge in [-0.2, -0.15) is 0 Å². The molecule has 0 saturated heterocycles. The van der Waals surface area contributed by atoms with Crippen LogP contribution in [0.2, 0.25) is 0 Å². The van der Waals surface area contributed by atoms with Crippen molar-refractivity contribution in [2.24, 2.45) is 5.73 Å². The van der Waals surface area contributed by atoms with Gasteiger partial charge in [0.1, 0.15) is 0 Å². The highest BCUT2D eigenvalue weighted by atomic mass is 16.5. The molecule has 8 nitrogen and oxygen atoms in total. The van der Waals surface area contributed by atoms with Crippen molar-refractivity contribution in [3.63, 3.8) is 0 Å². The van der Waals surface area contributed by atoms with Gasteiger partial charge in [0.05, 0.1) is 13.2 Å². The minimum absolute atomic E-state index is 0.0847. The molecule has 0 aliphatic carbocycles. The van der Waals surface area contributed by atoms with Crippen molar-refractivity contribution < 1.29 is 24.2 Å². The lowest BCUT2D eigenvalue weighted by atomic mass is 10.1. The second-order valence-corrected chi connectivity index (χ2v) is 6.41. The van der Waals surface area contributed by atoms with E-state index in [9.17, 15) is 9.59 Å². The molecule has 0 rings (SSSR count). The summed E-state index contributed by atoms with van der Waals surface area (Å²) in [6.07, 6.45) is 6.93. The van der Waals surface area contributed by atoms with Gasteiger partial charge in [0.2, 0.25) is 11.8 Å². The van der Waals surface area contributed by atoms with Gasteiger partial charge in [0.15, 0.2) is 0 Å². The number of rotatable bonds is 20. The summed E-state index contributed by atoms with van der Waals surface area (Å²) < 4.78 is 10.7. The van der Waals surface area contributed by atoms with Crippen molar-refractivity contribution in [2.45, 2.75) is 57.8 Å². The molecule has 0 aliphatic heterocycles. The van der Waals surface area contributed by atoms with Gasteiger partial charge < -0.3 is 30.9 Å². The molecule has 0 unspecified atom stereocenters. The lowest BCUT2D eigenvalue weighted by Crippen LogP contribution is -2.29. The van der Waals surface area contributed by atoms with Crippen molar-refractivity contribution in [2.75, 3.05) is 52.7 Å². The molecule has 0 aromatic rings. The molecule has 0 atom stereocenters. The molecule has 0 aromatic heterocycles. The molecular weight excluding hydrogens is 350 g/mol. The molecule has 0 spiro atoms. The van der Waals surface area contributed by atoms with E-state index in [0.29, 0.717) is 46.1 Å². The molecule has 0 aromatic carbocycles. The van der Waals surface area contributed by atoms with Crippen LogP contribution >= 0.6 is 0 Å². The Morgan fingerprint density at radius 3 is 1.81 bits per heavy atom. The van der Waals surface area contributed by atoms with Crippen LogP contribution in [0.3, 0.4) is 0 Å². The first kappa shape index (κ1) is 25.8. The van der Waals surface area contributed by atoms with Crippen LogP contribution in [0.4, 0.5) is 0 Å². The van der Waals surface area contributed by atoms with Crippen molar-refractivity contribution in [1.82, 2.24) is 10.6 Å². The average Bonchev–Trinajstić information content (AvgIpc) is 2.67. The van der Waals surface area contributed by atoms with E-state index < -0.39 is 0 Å². The maximum Gasteiger partial charge on any atom is 0.220 e. The molecule has 0 saturated carbocycles. The topological polar surface area (TPSA) is 123 Å². The molecule has 8 heteroatoms. The zero-order valence-corrected chi connectivity index (χ0v) is 16.7. The van der Waals surface area contributed by atoms with Crippen molar-refractivity contribution in [3.8, 4) is 0 Å². The van der Waals surface area contributed by atoms with Gasteiger partial charge in [-0.3, -0.25) is 9.59 Å². The lowest BCUT2D eigenvalue weighted by molar-refractivity contribution is -0.126. The normalized spacial score (nSPS) is 10.7. The highest BCUT2D eigenvalue weighted by Gasteiger charge is 2.06. The highest BCUT2D eigenvalue weighted by Crippen LogP contribution is 2.01. The highest BCUT2D eigenvalue weighted by molar-refractivity contribution is 5.83. The summed E-state index contributed by atoms with van der Waals surface area (Å²) in [7, 11) is 0. The largest absolute Gasteiger partial charge is 0.396 e. The van der Waals surface area contributed by atoms with E-state index in [2.05, 4.69) is 10.6 Å². The van der Waals surface area contributed by atoms with Gasteiger partial charge in [-0.1, -0.05) is 19.3 Å². The Bertz CT molecular complexity index is 356. The second-order valence-electron chi connectivity index (χ2n) is 6.41. The first-order valence-corrected chi connectivity index (χ1v) is 10.2. The van der Waals surface area contributed by atoms with Crippen LogP contribution in [0.1, 0.15) is 57.8 Å². The Hall–Kier alpha value is -1.22. The minimum Gasteiger partial charge on any atom is -0.396 e. The Balaban J connectivity index is 3.31. The maximum absolute atomic E-state index is 11.7. The molecule has 27 heavy (non-hydrogen) atoms. The number of carbonyl (C=O) groups excluding carboxylic acids is 2. The lowest BCUT2D eigenvalue weighted by Gasteiger charge is -2.07. The number of carbonyl (C=O) groups is 2. The monoisotopic (exact) mass is 389 g/mol. The van der Waals surface area contributed by atoms with Gasteiger partial charge >= 0.3 is 0 Å². The number of amides is 2. The van der Waals surface area contributed by atoms with Crippen molar-refractivity contribution in [3.05, 3.63) is 0 Å². The number of aliphatic hydroxyl groups excluding tert-OH is 1. The summed E-state index contributed by atoms with van der Waals surface area (Å²) in [5, 5.41) is 14.3. The van der Waals surface area contributed by atoms with E-state index in [4.69, 9.17) is 20.3 Å². The van der Waals surface area contributed by atoms with E-state index in [-0.39, 0.29) is 31.3 Å². The summed E-state index contributed by atoms with van der Waals surface area (Å²) in [5.41, 5.74) is 5.36. The number of hydrogen-bond acceptors (Lipinski definition) is 6. The number of hydrogen-bond donors (Lipinski definition) is 4. The van der Waals surface area contributed by atoms with Crippen LogP contribution in [0, 0.1) is 0 Å². The molecule has 0 fully saturated rings. The molecule has 0 heterocycles. The van der Waals surface area contributed by atoms with E-state index in [1.165, 1.54) is 0 Å². The Labute approximate surface area is 163 Å². The van der Waals surface area contributed by atoms with Crippen LogP contribution in [0.5, 0.6) is 0 Å². The molecule has 2 amide bonds. The van der Waals surface area contributed by atoms with Crippen molar-refractivity contribution >= 4 is 11.8 Å². The summed E-state index contributed by atoms with van der Waals surface area (Å²) >= 11 is 0. The van der Waals surface area contributed by atoms with E-state index in [1.807, 2.05) is 0 Å². The van der Waals surface area contributed by atoms with Gasteiger partial charge in [-0.25, -0.2) is 0 Å². The smallest absolute Gasteiger partial charge is 0.220 e. The number of aliphatic hydroxyl groups is 1. The Kier molecular flexibility index (Phi) is 20.1. The fourth-order valence-electron chi connectivity index (χ4n) is 2.31. The third-order valence-corrected chi connectivity index (χ3v) is 3.89. The summed E-state index contributed by atoms with van der Waals surface area (Å²) in [4.78, 5) is 23.3. The summed E-state index contributed by atoms with van der Waals surface area (Å²) in [6.45, 7) is 4.40. The molecule has 0 bridgehead atoms. The Morgan fingerprint density at radius 1 is 0.704 bits per heavy atom. The molecular formula is C19H39N3O5. The average molecular weight is 390 g/mol. The fraction of sp³-hybridized carbons (Fsp3) is 0.895. The van der Waals surface area contributed by atoms with Crippen molar-refractivity contribution in [1.29, 1.82) is 0 Å². The number of nitrogens with two attached hydrogens (primary N) is 1. The van der Waals surface area contributed by atoms with Gasteiger partial charge in [-0.05, 0) is 32.2 Å². The van der Waals surface area contributed by atoms with E-state index in [0.717, 1.165) is 44.9 Å². The predicted octanol–water partition coefficient (Wildman–Crippen LogP) is 0.714. The van der Waals surface area contributed by atoms with Gasteiger partial charge in [-0.15, -0.1) is 0 Å². The number of unbranched alkanes of at least 4 members (excludes halogenated alkanes) is 4. The van der Waals surface area contributed by atoms with E-state index in [1.54, 1.807) is 0 Å². The van der Waals surface area contributed by atoms with Crippen LogP contribution in [0.15, 0.2) is 0 Å². The van der Waals surface area contributed by atoms with Crippen LogP contribution in [0.25, 0.3) is 0 Å². The first-order chi connectivity index (χ1) is 13.2. The summed E-state index contributed by atoms with van der Waals surface area (Å²) in [6, 6.07) is 0. The SMILES string of the molecule is NCCCOCCOCCCNC(=O)CCC(=O)NCCCCCCCO. The number of ether oxygens (including phenoxy) is 2. The molecule has 5 N–H and O–H groups in total. The standard InChI is InChI=1S/C19H39N3O5/c20-10-6-14-26-16-17-27-15-7-12-22-19(25)9-8-18(24)21-11-4-2-1-3-5-13-23/h23H,1-17,20H2,(H,21,24)(H,22,25). The second kappa shape index (κ2) is 21.1. The zero-order chi connectivity index (χ0) is 20.0. The van der Waals surface area contributed by atoms with Crippen LogP contribution in [-0.2, 0) is 19.1 Å². The van der Waals surface area contributed by atoms with Crippen LogP contribution in [-0.4, -0.2) is 69.6 Å². The van der Waals surface area contributed by atoms with Gasteiger partial charge in [0, 0.05) is 45.8 Å². The Morgan fingerprint density at radius 2 is 1.22 bits per heavy atom. The zero-order valence-electron chi connectivity index (χ0n) is 16.7. The predicted molar refractivity (Wildman–Crippen MR) is 105 cm³/mol. The molecule has 0 aliphatic rings. The minimum atomic E-state index is -0.112. The maximum atomic E-state index is 11.7. The van der Waals surface area contributed by atoms with Gasteiger partial charge in [0.25, 0.3) is 0 Å². The van der Waals surface area contributed by atoms with Crippen LogP contribution < -0.4 is 16.4 Å². The number of nitrogens with one attached hydrogen (secondary N) is 2. The molecule has 0 radical (unpaired) electrons. The van der Waals surface area contributed by atoms with E-state index >= 15 is 0 Å². The third-order valence-electron chi connectivity index (χ3n) is 3.89.